The molecule has 1 aliphatic carbocycles. The van der Waals surface area contributed by atoms with Crippen LogP contribution in [-0.4, -0.2) is 21.2 Å². The number of aliphatic hydroxyl groups is 1. The zero-order valence-electron chi connectivity index (χ0n) is 17.4. The molecule has 1 saturated carbocycles. The highest BCUT2D eigenvalue weighted by molar-refractivity contribution is 7.98. The van der Waals surface area contributed by atoms with Crippen molar-refractivity contribution in [3.63, 3.8) is 0 Å². The van der Waals surface area contributed by atoms with Crippen LogP contribution < -0.4 is 5.73 Å². The number of nitrogens with two attached hydrogens (primary N) is 1. The second-order valence-corrected chi connectivity index (χ2v) is 9.13. The number of halogens is 2. The molecule has 1 fully saturated rings. The van der Waals surface area contributed by atoms with Gasteiger partial charge in [-0.25, -0.2) is 14.4 Å². The van der Waals surface area contributed by atoms with Gasteiger partial charge in [-0.1, -0.05) is 23.4 Å². The molecule has 0 spiro atoms. The number of oxazole rings is 1. The van der Waals surface area contributed by atoms with Gasteiger partial charge in [-0.2, -0.15) is 10.5 Å². The second kappa shape index (κ2) is 9.80. The molecule has 0 saturated heterocycles. The van der Waals surface area contributed by atoms with Crippen molar-refractivity contribution in [1.29, 1.82) is 10.5 Å². The molecule has 4 rings (SSSR count). The molecule has 0 amide bonds. The maximum Gasteiger partial charge on any atom is 0.226 e. The van der Waals surface area contributed by atoms with Crippen molar-refractivity contribution < 1.29 is 13.9 Å². The number of aliphatic hydroxyl groups excluding tert-OH is 1. The Kier molecular flexibility index (Phi) is 6.85. The van der Waals surface area contributed by atoms with Gasteiger partial charge >= 0.3 is 0 Å². The van der Waals surface area contributed by atoms with Gasteiger partial charge in [0.25, 0.3) is 0 Å². The SMILES string of the molecule is N#Cc1c(N)nc(SCc2coc(-c3ccc(F)c(Cl)c3)n2)c(C#N)c1[C@H]1CC[C@@H](O)CC1. The smallest absolute Gasteiger partial charge is 0.226 e. The maximum atomic E-state index is 13.4. The van der Waals surface area contributed by atoms with E-state index < -0.39 is 5.82 Å². The summed E-state index contributed by atoms with van der Waals surface area (Å²) in [4.78, 5) is 8.72. The molecule has 10 heteroatoms. The van der Waals surface area contributed by atoms with Crippen molar-refractivity contribution in [2.75, 3.05) is 5.73 Å². The lowest BCUT2D eigenvalue weighted by Gasteiger charge is -2.27. The number of nitriles is 2. The van der Waals surface area contributed by atoms with Crippen molar-refractivity contribution >= 4 is 29.2 Å². The number of anilines is 1. The summed E-state index contributed by atoms with van der Waals surface area (Å²) in [5, 5.41) is 29.8. The number of benzene rings is 1. The normalized spacial score (nSPS) is 18.0. The molecule has 33 heavy (non-hydrogen) atoms. The minimum Gasteiger partial charge on any atom is -0.444 e. The Morgan fingerprint density at radius 2 is 1.91 bits per heavy atom. The van der Waals surface area contributed by atoms with E-state index in [-0.39, 0.29) is 28.4 Å². The summed E-state index contributed by atoms with van der Waals surface area (Å²) in [6, 6.07) is 8.51. The van der Waals surface area contributed by atoms with E-state index in [2.05, 4.69) is 22.1 Å². The molecule has 168 valence electrons. The summed E-state index contributed by atoms with van der Waals surface area (Å²) >= 11 is 7.11. The van der Waals surface area contributed by atoms with Crippen molar-refractivity contribution in [2.24, 2.45) is 0 Å². The number of pyridine rings is 1. The second-order valence-electron chi connectivity index (χ2n) is 7.76. The summed E-state index contributed by atoms with van der Waals surface area (Å²) in [5.41, 5.74) is 8.39. The Morgan fingerprint density at radius 1 is 1.18 bits per heavy atom. The zero-order valence-corrected chi connectivity index (χ0v) is 19.0. The molecule has 2 heterocycles. The topological polar surface area (TPSA) is 133 Å². The van der Waals surface area contributed by atoms with Gasteiger partial charge in [-0.3, -0.25) is 0 Å². The van der Waals surface area contributed by atoms with Crippen LogP contribution in [0.3, 0.4) is 0 Å². The lowest BCUT2D eigenvalue weighted by atomic mass is 9.79. The molecule has 1 aliphatic rings. The minimum absolute atomic E-state index is 0.0275. The van der Waals surface area contributed by atoms with E-state index in [1.54, 1.807) is 0 Å². The fourth-order valence-electron chi connectivity index (χ4n) is 3.98. The summed E-state index contributed by atoms with van der Waals surface area (Å²) in [6.45, 7) is 0. The number of hydrogen-bond donors (Lipinski definition) is 2. The van der Waals surface area contributed by atoms with Crippen LogP contribution in [0.4, 0.5) is 10.2 Å². The highest BCUT2D eigenvalue weighted by Crippen LogP contribution is 2.40. The number of nitrogen functional groups attached to an aromatic ring is 1. The van der Waals surface area contributed by atoms with Gasteiger partial charge in [0, 0.05) is 11.3 Å². The average Bonchev–Trinajstić information content (AvgIpc) is 3.28. The minimum atomic E-state index is -0.528. The van der Waals surface area contributed by atoms with Gasteiger partial charge in [0.15, 0.2) is 0 Å². The lowest BCUT2D eigenvalue weighted by molar-refractivity contribution is 0.122. The zero-order chi connectivity index (χ0) is 23.5. The summed E-state index contributed by atoms with van der Waals surface area (Å²) in [5.74, 6) is 0.154. The quantitative estimate of drug-likeness (QED) is 0.475. The molecule has 3 N–H and O–H groups in total. The molecule has 7 nitrogen and oxygen atoms in total. The monoisotopic (exact) mass is 483 g/mol. The largest absolute Gasteiger partial charge is 0.444 e. The third-order valence-electron chi connectivity index (χ3n) is 5.63. The van der Waals surface area contributed by atoms with Crippen LogP contribution in [0.5, 0.6) is 0 Å². The van der Waals surface area contributed by atoms with E-state index in [9.17, 15) is 20.0 Å². The fraction of sp³-hybridized carbons (Fsp3) is 0.304. The molecule has 2 aromatic heterocycles. The van der Waals surface area contributed by atoms with Crippen LogP contribution in [0, 0.1) is 28.5 Å². The molecule has 3 aromatic rings. The first kappa shape index (κ1) is 23.1. The molecule has 0 aliphatic heterocycles. The van der Waals surface area contributed by atoms with Crippen molar-refractivity contribution in [2.45, 2.75) is 48.5 Å². The van der Waals surface area contributed by atoms with Gasteiger partial charge in [0.2, 0.25) is 5.89 Å². The van der Waals surface area contributed by atoms with Gasteiger partial charge in [0.1, 0.15) is 35.1 Å². The number of aromatic nitrogens is 2. The molecular formula is C23H19ClFN5O2S. The van der Waals surface area contributed by atoms with Crippen molar-refractivity contribution in [1.82, 2.24) is 9.97 Å². The number of nitrogens with zero attached hydrogens (tertiary/aromatic N) is 4. The highest BCUT2D eigenvalue weighted by Gasteiger charge is 2.29. The molecule has 1 aromatic carbocycles. The van der Waals surface area contributed by atoms with E-state index in [4.69, 9.17) is 21.8 Å². The first-order valence-corrected chi connectivity index (χ1v) is 11.6. The molecular weight excluding hydrogens is 465 g/mol. The maximum absolute atomic E-state index is 13.4. The first-order chi connectivity index (χ1) is 15.9. The van der Waals surface area contributed by atoms with Gasteiger partial charge in [-0.15, -0.1) is 0 Å². The van der Waals surface area contributed by atoms with E-state index in [1.165, 1.54) is 36.2 Å². The number of rotatable bonds is 5. The third kappa shape index (κ3) is 4.81. The van der Waals surface area contributed by atoms with E-state index in [0.717, 1.165) is 0 Å². The third-order valence-corrected chi connectivity index (χ3v) is 6.93. The van der Waals surface area contributed by atoms with Crippen LogP contribution >= 0.6 is 23.4 Å². The van der Waals surface area contributed by atoms with Crippen LogP contribution in [0.25, 0.3) is 11.5 Å². The lowest BCUT2D eigenvalue weighted by Crippen LogP contribution is -2.19. The van der Waals surface area contributed by atoms with Crippen LogP contribution in [0.1, 0.15) is 54.0 Å². The molecule has 0 unspecified atom stereocenters. The van der Waals surface area contributed by atoms with Crippen molar-refractivity contribution in [3.8, 4) is 23.6 Å². The average molecular weight is 484 g/mol. The summed E-state index contributed by atoms with van der Waals surface area (Å²) in [7, 11) is 0. The van der Waals surface area contributed by atoms with Gasteiger partial charge < -0.3 is 15.3 Å². The molecule has 0 atom stereocenters. The van der Waals surface area contributed by atoms with Crippen LogP contribution in [0.2, 0.25) is 5.02 Å². The standard InChI is InChI=1S/C23H19ClFN5O2S/c24-18-7-13(3-6-19(18)25)22-29-14(10-32-22)11-33-23-17(9-27)20(16(8-26)21(28)30-23)12-1-4-15(31)5-2-12/h3,6-7,10,12,15,31H,1-2,4-5,11H2,(H2,28,30)/t12-,15+. The highest BCUT2D eigenvalue weighted by atomic mass is 35.5. The van der Waals surface area contributed by atoms with Crippen LogP contribution in [-0.2, 0) is 5.75 Å². The summed E-state index contributed by atoms with van der Waals surface area (Å²) < 4.78 is 18.9. The molecule has 0 bridgehead atoms. The van der Waals surface area contributed by atoms with E-state index >= 15 is 0 Å². The Bertz CT molecular complexity index is 1280. The molecule has 0 radical (unpaired) electrons. The Hall–Kier alpha value is -3.11. The van der Waals surface area contributed by atoms with E-state index in [1.807, 2.05) is 0 Å². The fourth-order valence-corrected chi connectivity index (χ4v) is 5.04. The van der Waals surface area contributed by atoms with Gasteiger partial charge in [-0.05, 0) is 55.4 Å². The van der Waals surface area contributed by atoms with Crippen LogP contribution in [0.15, 0.2) is 33.9 Å². The predicted octanol–water partition coefficient (Wildman–Crippen LogP) is 5.17. The number of hydrogen-bond acceptors (Lipinski definition) is 8. The Balaban J connectivity index is 1.60. The number of thioether (sulfide) groups is 1. The Morgan fingerprint density at radius 3 is 2.58 bits per heavy atom. The summed E-state index contributed by atoms with van der Waals surface area (Å²) in [6.07, 6.45) is 3.68. The predicted molar refractivity (Wildman–Crippen MR) is 122 cm³/mol. The van der Waals surface area contributed by atoms with Gasteiger partial charge in [0.05, 0.1) is 27.9 Å². The van der Waals surface area contributed by atoms with Crippen molar-refractivity contribution in [3.05, 3.63) is 57.7 Å². The van der Waals surface area contributed by atoms with E-state index in [0.29, 0.717) is 64.7 Å². The first-order valence-electron chi connectivity index (χ1n) is 10.3. The Labute approximate surface area is 199 Å².